The quantitative estimate of drug-likeness (QED) is 0.781. The Kier molecular flexibility index (Phi) is 4.59. The average Bonchev–Trinajstić information content (AvgIpc) is 3.20. The third-order valence-electron chi connectivity index (χ3n) is 4.51. The number of rotatable bonds is 4. The van der Waals surface area contributed by atoms with Crippen LogP contribution < -0.4 is 10.2 Å². The minimum absolute atomic E-state index is 0.0670. The summed E-state index contributed by atoms with van der Waals surface area (Å²) in [7, 11) is 0. The molecule has 7 heteroatoms. The van der Waals surface area contributed by atoms with Gasteiger partial charge in [-0.05, 0) is 43.2 Å². The molecule has 0 unspecified atom stereocenters. The molecule has 4 rings (SSSR count). The van der Waals surface area contributed by atoms with Crippen molar-refractivity contribution in [3.05, 3.63) is 66.6 Å². The molecule has 0 spiro atoms. The highest BCUT2D eigenvalue weighted by Crippen LogP contribution is 2.17. The Morgan fingerprint density at radius 2 is 1.96 bits per heavy atom. The fourth-order valence-electron chi connectivity index (χ4n) is 3.27. The molecule has 1 atom stereocenters. The van der Waals surface area contributed by atoms with Crippen molar-refractivity contribution >= 4 is 11.7 Å². The van der Waals surface area contributed by atoms with Crippen LogP contribution in [0.2, 0.25) is 0 Å². The van der Waals surface area contributed by atoms with E-state index in [1.54, 1.807) is 23.1 Å². The molecule has 1 amide bonds. The number of nitrogens with zero attached hydrogens (tertiary/aromatic N) is 5. The van der Waals surface area contributed by atoms with Crippen LogP contribution in [-0.4, -0.2) is 45.0 Å². The summed E-state index contributed by atoms with van der Waals surface area (Å²) < 4.78 is 1.67. The normalized spacial score (nSPS) is 17.1. The van der Waals surface area contributed by atoms with Crippen molar-refractivity contribution in [2.75, 3.05) is 18.0 Å². The first-order valence-corrected chi connectivity index (χ1v) is 8.74. The van der Waals surface area contributed by atoms with Crippen LogP contribution in [-0.2, 0) is 0 Å². The van der Waals surface area contributed by atoms with Crippen LogP contribution >= 0.6 is 0 Å². The smallest absolute Gasteiger partial charge is 0.270 e. The summed E-state index contributed by atoms with van der Waals surface area (Å²) >= 11 is 0. The van der Waals surface area contributed by atoms with Gasteiger partial charge >= 0.3 is 0 Å². The van der Waals surface area contributed by atoms with Gasteiger partial charge in [0, 0.05) is 25.3 Å². The van der Waals surface area contributed by atoms with Gasteiger partial charge in [0.15, 0.2) is 5.82 Å². The molecule has 3 aromatic rings. The summed E-state index contributed by atoms with van der Waals surface area (Å²) in [5.74, 6) is 0.734. The molecule has 1 aliphatic heterocycles. The molecule has 3 heterocycles. The molecular formula is C19H20N6O. The summed E-state index contributed by atoms with van der Waals surface area (Å²) in [5.41, 5.74) is 1.40. The van der Waals surface area contributed by atoms with Crippen molar-refractivity contribution in [2.24, 2.45) is 0 Å². The van der Waals surface area contributed by atoms with Gasteiger partial charge in [0.05, 0.1) is 11.9 Å². The maximum absolute atomic E-state index is 12.8. The fourth-order valence-corrected chi connectivity index (χ4v) is 3.27. The van der Waals surface area contributed by atoms with Crippen LogP contribution in [0.4, 0.5) is 5.82 Å². The first-order chi connectivity index (χ1) is 12.8. The number of aromatic nitrogens is 4. The second kappa shape index (κ2) is 7.35. The largest absolute Gasteiger partial charge is 0.353 e. The molecule has 0 radical (unpaired) electrons. The Morgan fingerprint density at radius 1 is 1.08 bits per heavy atom. The van der Waals surface area contributed by atoms with E-state index in [-0.39, 0.29) is 11.9 Å². The monoisotopic (exact) mass is 348 g/mol. The van der Waals surface area contributed by atoms with Gasteiger partial charge in [0.1, 0.15) is 5.69 Å². The van der Waals surface area contributed by atoms with Gasteiger partial charge in [-0.1, -0.05) is 18.2 Å². The number of carbonyl (C=O) groups excluding carboxylic acids is 1. The zero-order valence-corrected chi connectivity index (χ0v) is 14.3. The van der Waals surface area contributed by atoms with Gasteiger partial charge in [-0.15, -0.1) is 5.10 Å². The molecule has 1 fully saturated rings. The number of piperidine rings is 1. The summed E-state index contributed by atoms with van der Waals surface area (Å²) in [6.45, 7) is 1.65. The third-order valence-corrected chi connectivity index (χ3v) is 4.51. The van der Waals surface area contributed by atoms with E-state index in [4.69, 9.17) is 0 Å². The number of para-hydroxylation sites is 1. The standard InChI is InChI=1S/C19H20N6O/c26-19(17-10-12-21-25(17)16-7-2-1-3-8-16)22-15-6-5-13-24(14-15)18-9-4-11-20-23-18/h1-4,7-12,15H,5-6,13-14H2,(H,22,26)/t15-/m1/s1. The van der Waals surface area contributed by atoms with Gasteiger partial charge in [-0.3, -0.25) is 4.79 Å². The van der Waals surface area contributed by atoms with E-state index in [0.29, 0.717) is 5.69 Å². The third kappa shape index (κ3) is 3.42. The van der Waals surface area contributed by atoms with Crippen LogP contribution in [0, 0.1) is 0 Å². The Morgan fingerprint density at radius 3 is 2.77 bits per heavy atom. The van der Waals surface area contributed by atoms with Gasteiger partial charge in [0.2, 0.25) is 0 Å². The van der Waals surface area contributed by atoms with E-state index < -0.39 is 0 Å². The minimum Gasteiger partial charge on any atom is -0.353 e. The van der Waals surface area contributed by atoms with Crippen molar-refractivity contribution in [3.63, 3.8) is 0 Å². The van der Waals surface area contributed by atoms with E-state index in [9.17, 15) is 4.79 Å². The molecule has 0 bridgehead atoms. The second-order valence-corrected chi connectivity index (χ2v) is 6.30. The summed E-state index contributed by atoms with van der Waals surface area (Å²) in [4.78, 5) is 15.0. The molecule has 2 aromatic heterocycles. The molecule has 1 aromatic carbocycles. The van der Waals surface area contributed by atoms with Crippen molar-refractivity contribution in [2.45, 2.75) is 18.9 Å². The fraction of sp³-hybridized carbons (Fsp3) is 0.263. The number of carbonyl (C=O) groups is 1. The van der Waals surface area contributed by atoms with E-state index >= 15 is 0 Å². The van der Waals surface area contributed by atoms with Crippen molar-refractivity contribution in [1.82, 2.24) is 25.3 Å². The Hall–Kier alpha value is -3.22. The number of hydrogen-bond acceptors (Lipinski definition) is 5. The van der Waals surface area contributed by atoms with Crippen LogP contribution in [0.25, 0.3) is 5.69 Å². The Bertz CT molecular complexity index is 864. The van der Waals surface area contributed by atoms with E-state index in [1.165, 1.54) is 0 Å². The highest BCUT2D eigenvalue weighted by Gasteiger charge is 2.24. The predicted molar refractivity (Wildman–Crippen MR) is 98.3 cm³/mol. The molecule has 26 heavy (non-hydrogen) atoms. The molecule has 0 saturated carbocycles. The lowest BCUT2D eigenvalue weighted by Crippen LogP contribution is -2.48. The first kappa shape index (κ1) is 16.3. The Balaban J connectivity index is 1.46. The lowest BCUT2D eigenvalue weighted by molar-refractivity contribution is 0.0925. The predicted octanol–water partition coefficient (Wildman–Crippen LogP) is 2.06. The minimum atomic E-state index is -0.114. The average molecular weight is 348 g/mol. The summed E-state index contributed by atoms with van der Waals surface area (Å²) in [6, 6.07) is 15.3. The van der Waals surface area contributed by atoms with Crippen LogP contribution in [0.1, 0.15) is 23.3 Å². The Labute approximate surface area is 151 Å². The summed E-state index contributed by atoms with van der Waals surface area (Å²) in [6.07, 6.45) is 5.26. The SMILES string of the molecule is O=C(N[C@@H]1CCCN(c2cccnn2)C1)c1ccnn1-c1ccccc1. The molecular weight excluding hydrogens is 328 g/mol. The van der Waals surface area contributed by atoms with Crippen molar-refractivity contribution < 1.29 is 4.79 Å². The maximum atomic E-state index is 12.8. The lowest BCUT2D eigenvalue weighted by atomic mass is 10.1. The van der Waals surface area contributed by atoms with Gasteiger partial charge < -0.3 is 10.2 Å². The van der Waals surface area contributed by atoms with Crippen molar-refractivity contribution in [3.8, 4) is 5.69 Å². The second-order valence-electron chi connectivity index (χ2n) is 6.30. The van der Waals surface area contributed by atoms with Gasteiger partial charge in [-0.2, -0.15) is 10.2 Å². The van der Waals surface area contributed by atoms with E-state index in [1.807, 2.05) is 42.5 Å². The van der Waals surface area contributed by atoms with Gasteiger partial charge in [0.25, 0.3) is 5.91 Å². The number of amides is 1. The number of benzene rings is 1. The highest BCUT2D eigenvalue weighted by atomic mass is 16.2. The maximum Gasteiger partial charge on any atom is 0.270 e. The molecule has 132 valence electrons. The molecule has 1 saturated heterocycles. The zero-order valence-electron chi connectivity index (χ0n) is 14.3. The number of anilines is 1. The lowest BCUT2D eigenvalue weighted by Gasteiger charge is -2.33. The number of nitrogens with one attached hydrogen (secondary N) is 1. The summed E-state index contributed by atoms with van der Waals surface area (Å²) in [5, 5.41) is 15.5. The molecule has 1 aliphatic rings. The van der Waals surface area contributed by atoms with Crippen molar-refractivity contribution in [1.29, 1.82) is 0 Å². The number of hydrogen-bond donors (Lipinski definition) is 1. The first-order valence-electron chi connectivity index (χ1n) is 8.74. The van der Waals surface area contributed by atoms with E-state index in [2.05, 4.69) is 25.5 Å². The molecule has 1 N–H and O–H groups in total. The highest BCUT2D eigenvalue weighted by molar-refractivity contribution is 5.93. The van der Waals surface area contributed by atoms with Crippen LogP contribution in [0.15, 0.2) is 60.9 Å². The van der Waals surface area contributed by atoms with Gasteiger partial charge in [-0.25, -0.2) is 4.68 Å². The van der Waals surface area contributed by atoms with Crippen LogP contribution in [0.5, 0.6) is 0 Å². The van der Waals surface area contributed by atoms with Crippen LogP contribution in [0.3, 0.4) is 0 Å². The molecule has 7 nitrogen and oxygen atoms in total. The molecule has 0 aliphatic carbocycles. The van der Waals surface area contributed by atoms with E-state index in [0.717, 1.165) is 37.4 Å². The zero-order chi connectivity index (χ0) is 17.8. The topological polar surface area (TPSA) is 75.9 Å².